The second-order valence-corrected chi connectivity index (χ2v) is 5.17. The zero-order valence-corrected chi connectivity index (χ0v) is 15.0. The number of ether oxygens (including phenoxy) is 1. The second kappa shape index (κ2) is 12.5. The van der Waals surface area contributed by atoms with Gasteiger partial charge in [-0.05, 0) is 24.6 Å². The van der Waals surface area contributed by atoms with Gasteiger partial charge in [0, 0.05) is 7.11 Å². The summed E-state index contributed by atoms with van der Waals surface area (Å²) in [5.74, 6) is 0. The molecule has 0 aliphatic heterocycles. The van der Waals surface area contributed by atoms with Crippen LogP contribution in [-0.2, 0) is 28.2 Å². The molecular weight excluding hydrogens is 338 g/mol. The Morgan fingerprint density at radius 2 is 1.71 bits per heavy atom. The molecule has 24 heavy (non-hydrogen) atoms. The van der Waals surface area contributed by atoms with E-state index in [0.717, 1.165) is 18.4 Å². The van der Waals surface area contributed by atoms with Gasteiger partial charge in [0.05, 0.1) is 0 Å². The third kappa shape index (κ3) is 8.07. The smallest absolute Gasteiger partial charge is 0.360 e. The minimum Gasteiger partial charge on any atom is -0.360 e. The van der Waals surface area contributed by atoms with E-state index < -0.39 is 0 Å². The van der Waals surface area contributed by atoms with Crippen LogP contribution >= 0.6 is 0 Å². The number of rotatable bonds is 6. The summed E-state index contributed by atoms with van der Waals surface area (Å²) in [5.41, 5.74) is 2.44. The fraction of sp³-hybridized carbons (Fsp3) is 0.190. The van der Waals surface area contributed by atoms with Gasteiger partial charge in [-0.15, -0.1) is 5.56 Å². The van der Waals surface area contributed by atoms with Gasteiger partial charge in [0.15, 0.2) is 0 Å². The number of hydrogen-bond donors (Lipinski definition) is 0. The SMILES string of the molecule is COC(CCc1ccccc1)N=C[c-]1cccc1.[Fe+2].c1cc[cH-]c1. The summed E-state index contributed by atoms with van der Waals surface area (Å²) in [6.45, 7) is 0. The van der Waals surface area contributed by atoms with E-state index in [1.807, 2.05) is 66.9 Å². The van der Waals surface area contributed by atoms with Crippen molar-refractivity contribution in [3.05, 3.63) is 96.1 Å². The van der Waals surface area contributed by atoms with Gasteiger partial charge in [-0.1, -0.05) is 30.3 Å². The number of methoxy groups -OCH3 is 1. The quantitative estimate of drug-likeness (QED) is 0.350. The van der Waals surface area contributed by atoms with Crippen molar-refractivity contribution in [1.82, 2.24) is 0 Å². The molecule has 0 N–H and O–H groups in total. The molecule has 0 heterocycles. The molecule has 0 aromatic heterocycles. The van der Waals surface area contributed by atoms with Crippen LogP contribution < -0.4 is 0 Å². The standard InChI is InChI=1S/C16H18NO.C5H5.Fe/c1-18-16(17-13-15-9-5-6-10-15)12-11-14-7-3-2-4-8-14;1-2-4-5-3-1;/h2-10,13,16H,11-12H2,1H3;1-5H;/q2*-1;+2. The fourth-order valence-electron chi connectivity index (χ4n) is 2.15. The van der Waals surface area contributed by atoms with E-state index in [4.69, 9.17) is 4.74 Å². The van der Waals surface area contributed by atoms with Crippen molar-refractivity contribution in [2.45, 2.75) is 19.1 Å². The Bertz CT molecular complexity index is 613. The molecule has 3 aromatic rings. The first-order valence-electron chi connectivity index (χ1n) is 7.87. The molecule has 0 radical (unpaired) electrons. The molecule has 3 heteroatoms. The van der Waals surface area contributed by atoms with E-state index in [1.165, 1.54) is 5.56 Å². The molecule has 0 bridgehead atoms. The van der Waals surface area contributed by atoms with Crippen molar-refractivity contribution in [3.63, 3.8) is 0 Å². The van der Waals surface area contributed by atoms with Crippen LogP contribution in [0.5, 0.6) is 0 Å². The van der Waals surface area contributed by atoms with Crippen LogP contribution in [0.3, 0.4) is 0 Å². The molecule has 2 nitrogen and oxygen atoms in total. The van der Waals surface area contributed by atoms with Gasteiger partial charge >= 0.3 is 17.1 Å². The van der Waals surface area contributed by atoms with Crippen molar-refractivity contribution >= 4 is 6.21 Å². The van der Waals surface area contributed by atoms with Crippen molar-refractivity contribution < 1.29 is 21.8 Å². The average molecular weight is 361 g/mol. The van der Waals surface area contributed by atoms with Crippen LogP contribution in [-0.4, -0.2) is 19.6 Å². The normalized spacial score (nSPS) is 11.4. The summed E-state index contributed by atoms with van der Waals surface area (Å²) < 4.78 is 5.37. The number of aryl methyl sites for hydroxylation is 1. The van der Waals surface area contributed by atoms with E-state index in [1.54, 1.807) is 7.11 Å². The summed E-state index contributed by atoms with van der Waals surface area (Å²) in [4.78, 5) is 4.45. The first kappa shape index (κ1) is 20.1. The van der Waals surface area contributed by atoms with Gasteiger partial charge in [-0.25, -0.2) is 24.3 Å². The summed E-state index contributed by atoms with van der Waals surface area (Å²) in [6, 6.07) is 28.5. The maximum absolute atomic E-state index is 5.37. The first-order chi connectivity index (χ1) is 11.4. The summed E-state index contributed by atoms with van der Waals surface area (Å²) in [5, 5.41) is 0. The van der Waals surface area contributed by atoms with Gasteiger partial charge in [0.1, 0.15) is 6.23 Å². The Morgan fingerprint density at radius 1 is 1.04 bits per heavy atom. The molecule has 0 saturated carbocycles. The predicted molar refractivity (Wildman–Crippen MR) is 97.2 cm³/mol. The third-order valence-electron chi connectivity index (χ3n) is 3.43. The van der Waals surface area contributed by atoms with Gasteiger partial charge < -0.3 is 4.74 Å². The predicted octanol–water partition coefficient (Wildman–Crippen LogP) is 4.83. The molecule has 126 valence electrons. The average Bonchev–Trinajstić information content (AvgIpc) is 3.32. The number of nitrogens with zero attached hydrogens (tertiary/aromatic N) is 1. The number of hydrogen-bond acceptors (Lipinski definition) is 2. The zero-order chi connectivity index (χ0) is 16.2. The van der Waals surface area contributed by atoms with Crippen LogP contribution in [0.25, 0.3) is 0 Å². The Hall–Kier alpha value is -1.93. The largest absolute Gasteiger partial charge is 2.00 e. The third-order valence-corrected chi connectivity index (χ3v) is 3.43. The van der Waals surface area contributed by atoms with Crippen LogP contribution in [0.15, 0.2) is 89.9 Å². The molecule has 0 aliphatic rings. The molecule has 0 saturated heterocycles. The van der Waals surface area contributed by atoms with E-state index in [9.17, 15) is 0 Å². The van der Waals surface area contributed by atoms with Crippen molar-refractivity contribution in [2.24, 2.45) is 4.99 Å². The second-order valence-electron chi connectivity index (χ2n) is 5.17. The van der Waals surface area contributed by atoms with Crippen LogP contribution in [0.4, 0.5) is 0 Å². The van der Waals surface area contributed by atoms with Gasteiger partial charge in [-0.3, -0.25) is 4.99 Å². The van der Waals surface area contributed by atoms with Crippen molar-refractivity contribution in [1.29, 1.82) is 0 Å². The van der Waals surface area contributed by atoms with Crippen LogP contribution in [0.2, 0.25) is 0 Å². The maximum atomic E-state index is 5.37. The number of aliphatic imine (C=N–C) groups is 1. The minimum atomic E-state index is -0.0693. The first-order valence-corrected chi connectivity index (χ1v) is 7.87. The molecule has 3 rings (SSSR count). The molecule has 0 spiro atoms. The molecule has 0 fully saturated rings. The summed E-state index contributed by atoms with van der Waals surface area (Å²) in [6.07, 6.45) is 3.69. The topological polar surface area (TPSA) is 21.6 Å². The van der Waals surface area contributed by atoms with Crippen molar-refractivity contribution in [3.8, 4) is 0 Å². The van der Waals surface area contributed by atoms with E-state index >= 15 is 0 Å². The Kier molecular flexibility index (Phi) is 10.5. The molecule has 1 unspecified atom stereocenters. The van der Waals surface area contributed by atoms with Crippen LogP contribution in [0.1, 0.15) is 17.5 Å². The van der Waals surface area contributed by atoms with E-state index in [2.05, 4.69) is 29.3 Å². The van der Waals surface area contributed by atoms with E-state index in [0.29, 0.717) is 0 Å². The summed E-state index contributed by atoms with van der Waals surface area (Å²) in [7, 11) is 1.71. The molecule has 3 aromatic carbocycles. The van der Waals surface area contributed by atoms with Gasteiger partial charge in [0.2, 0.25) is 0 Å². The molecular formula is C21H23FeNO. The van der Waals surface area contributed by atoms with E-state index in [-0.39, 0.29) is 23.3 Å². The molecule has 1 atom stereocenters. The summed E-state index contributed by atoms with van der Waals surface area (Å²) >= 11 is 0. The van der Waals surface area contributed by atoms with Gasteiger partial charge in [0.25, 0.3) is 0 Å². The molecule has 0 amide bonds. The maximum Gasteiger partial charge on any atom is 2.00 e. The zero-order valence-electron chi connectivity index (χ0n) is 13.9. The Labute approximate surface area is 155 Å². The monoisotopic (exact) mass is 361 g/mol. The minimum absolute atomic E-state index is 0. The number of benzene rings is 1. The Morgan fingerprint density at radius 3 is 2.25 bits per heavy atom. The van der Waals surface area contributed by atoms with Crippen molar-refractivity contribution in [2.75, 3.05) is 7.11 Å². The fourth-order valence-corrected chi connectivity index (χ4v) is 2.15. The molecule has 0 aliphatic carbocycles. The Balaban J connectivity index is 0.000000412. The van der Waals surface area contributed by atoms with Gasteiger partial charge in [-0.2, -0.15) is 30.3 Å². The van der Waals surface area contributed by atoms with Crippen LogP contribution in [0, 0.1) is 0 Å².